The number of hydrogen-bond donors (Lipinski definition) is 0. The molecule has 0 atom stereocenters. The van der Waals surface area contributed by atoms with Gasteiger partial charge in [-0.3, -0.25) is 9.59 Å². The second-order valence-corrected chi connectivity index (χ2v) is 6.88. The van der Waals surface area contributed by atoms with Crippen LogP contribution < -0.4 is 0 Å². The van der Waals surface area contributed by atoms with Gasteiger partial charge in [0.2, 0.25) is 11.8 Å². The largest absolute Gasteiger partial charge is 0.274 e. The van der Waals surface area contributed by atoms with E-state index < -0.39 is 0 Å². The van der Waals surface area contributed by atoms with Crippen molar-refractivity contribution in [1.82, 2.24) is 4.90 Å². The number of carbonyl (C=O) groups excluding carboxylic acids is 2. The third-order valence-corrected chi connectivity index (χ3v) is 5.35. The number of fused-ring (bicyclic) bond motifs is 2. The zero-order valence-corrected chi connectivity index (χ0v) is 14.3. The molecule has 2 aliphatic rings. The van der Waals surface area contributed by atoms with Crippen LogP contribution in [0.15, 0.2) is 29.8 Å². The minimum absolute atomic E-state index is 0.0251. The second-order valence-electron chi connectivity index (χ2n) is 6.88. The van der Waals surface area contributed by atoms with Crippen molar-refractivity contribution in [2.75, 3.05) is 0 Å². The van der Waals surface area contributed by atoms with Gasteiger partial charge >= 0.3 is 0 Å². The number of hydrogen-bond acceptors (Lipinski definition) is 3. The summed E-state index contributed by atoms with van der Waals surface area (Å²) in [7, 11) is 0. The molecule has 1 saturated carbocycles. The lowest BCUT2D eigenvalue weighted by atomic mass is 9.62. The number of carbonyl (C=O) groups is 2. The molecule has 2 amide bonds. The van der Waals surface area contributed by atoms with Gasteiger partial charge in [0.05, 0.1) is 17.3 Å². The van der Waals surface area contributed by atoms with E-state index in [1.165, 1.54) is 25.8 Å². The molecule has 2 aliphatic carbocycles. The molecule has 0 unspecified atom stereocenters. The van der Waals surface area contributed by atoms with Crippen LogP contribution in [0.3, 0.4) is 0 Å². The first kappa shape index (κ1) is 16.4. The number of nitriles is 1. The Morgan fingerprint density at radius 3 is 2.29 bits per heavy atom. The van der Waals surface area contributed by atoms with E-state index in [4.69, 9.17) is 0 Å². The van der Waals surface area contributed by atoms with Crippen molar-refractivity contribution < 1.29 is 9.59 Å². The lowest BCUT2D eigenvalue weighted by Gasteiger charge is -2.43. The Hall–Kier alpha value is -2.41. The van der Waals surface area contributed by atoms with Crippen LogP contribution in [0.1, 0.15) is 63.5 Å². The van der Waals surface area contributed by atoms with E-state index in [-0.39, 0.29) is 17.2 Å². The Balaban J connectivity index is 2.24. The molecule has 0 N–H and O–H groups in total. The van der Waals surface area contributed by atoms with Crippen LogP contribution in [-0.2, 0) is 15.0 Å². The Morgan fingerprint density at radius 2 is 1.71 bits per heavy atom. The lowest BCUT2D eigenvalue weighted by molar-refractivity contribution is -0.137. The molecule has 0 aliphatic heterocycles. The van der Waals surface area contributed by atoms with E-state index >= 15 is 0 Å². The van der Waals surface area contributed by atoms with Crippen molar-refractivity contribution in [2.24, 2.45) is 0 Å². The summed E-state index contributed by atoms with van der Waals surface area (Å²) in [5, 5.41) is 9.76. The van der Waals surface area contributed by atoms with Crippen LogP contribution in [0.5, 0.6) is 0 Å². The quantitative estimate of drug-likeness (QED) is 0.787. The minimum Gasteiger partial charge on any atom is -0.274 e. The number of nitrogens with zero attached hydrogens (tertiary/aromatic N) is 2. The SMILES string of the molecule is CC(=O)N(C(C)=O)C1=C(C#N)CC2(CCCCC2)c2ccccc21. The molecule has 124 valence electrons. The fourth-order valence-electron chi connectivity index (χ4n) is 4.39. The van der Waals surface area contributed by atoms with Gasteiger partial charge in [-0.05, 0) is 24.8 Å². The molecule has 4 nitrogen and oxygen atoms in total. The van der Waals surface area contributed by atoms with Gasteiger partial charge in [0, 0.05) is 24.8 Å². The van der Waals surface area contributed by atoms with Crippen LogP contribution in [0, 0.1) is 11.3 Å². The monoisotopic (exact) mass is 322 g/mol. The molecule has 0 radical (unpaired) electrons. The summed E-state index contributed by atoms with van der Waals surface area (Å²) < 4.78 is 0. The van der Waals surface area contributed by atoms with E-state index in [2.05, 4.69) is 12.1 Å². The third-order valence-electron chi connectivity index (χ3n) is 5.35. The maximum absolute atomic E-state index is 12.1. The molecular formula is C20H22N2O2. The van der Waals surface area contributed by atoms with Crippen molar-refractivity contribution in [3.63, 3.8) is 0 Å². The minimum atomic E-state index is -0.348. The van der Waals surface area contributed by atoms with E-state index in [1.807, 2.05) is 18.2 Å². The lowest BCUT2D eigenvalue weighted by Crippen LogP contribution is -2.39. The summed E-state index contributed by atoms with van der Waals surface area (Å²) in [6.07, 6.45) is 6.28. The van der Waals surface area contributed by atoms with Gasteiger partial charge in [-0.1, -0.05) is 43.5 Å². The summed E-state index contributed by atoms with van der Waals surface area (Å²) in [5.74, 6) is -0.695. The van der Waals surface area contributed by atoms with Gasteiger partial charge in [-0.15, -0.1) is 0 Å². The number of allylic oxidation sites excluding steroid dienone is 1. The molecular weight excluding hydrogens is 300 g/mol. The standard InChI is InChI=1S/C20H22N2O2/c1-14(23)22(15(2)24)19-16(13-21)12-20(10-6-3-7-11-20)18-9-5-4-8-17(18)19/h4-5,8-9H,3,6-7,10-12H2,1-2H3. The zero-order chi connectivity index (χ0) is 17.3. The molecule has 4 heteroatoms. The van der Waals surface area contributed by atoms with Crippen molar-refractivity contribution in [3.8, 4) is 6.07 Å². The third kappa shape index (κ3) is 2.54. The number of rotatable bonds is 1. The highest BCUT2D eigenvalue weighted by atomic mass is 16.2. The van der Waals surface area contributed by atoms with Crippen LogP contribution in [0.2, 0.25) is 0 Å². The van der Waals surface area contributed by atoms with Gasteiger partial charge in [0.25, 0.3) is 0 Å². The van der Waals surface area contributed by atoms with Gasteiger partial charge in [-0.2, -0.15) is 5.26 Å². The maximum Gasteiger partial charge on any atom is 0.230 e. The Bertz CT molecular complexity index is 750. The summed E-state index contributed by atoms with van der Waals surface area (Å²) in [6, 6.07) is 10.3. The highest BCUT2D eigenvalue weighted by molar-refractivity contribution is 6.04. The number of imide groups is 1. The first-order valence-corrected chi connectivity index (χ1v) is 8.54. The Morgan fingerprint density at radius 1 is 1.08 bits per heavy atom. The summed E-state index contributed by atoms with van der Waals surface area (Å²) in [4.78, 5) is 25.3. The Labute approximate surface area is 142 Å². The fraction of sp³-hybridized carbons (Fsp3) is 0.450. The van der Waals surface area contributed by atoms with Crippen molar-refractivity contribution in [3.05, 3.63) is 41.0 Å². The maximum atomic E-state index is 12.1. The van der Waals surface area contributed by atoms with Gasteiger partial charge in [-0.25, -0.2) is 4.90 Å². The van der Waals surface area contributed by atoms with E-state index in [0.717, 1.165) is 36.1 Å². The highest BCUT2D eigenvalue weighted by Gasteiger charge is 2.42. The Kier molecular flexibility index (Phi) is 4.28. The normalized spacial score (nSPS) is 18.7. The van der Waals surface area contributed by atoms with E-state index in [1.54, 1.807) is 0 Å². The number of benzene rings is 1. The van der Waals surface area contributed by atoms with Gasteiger partial charge in [0.15, 0.2) is 0 Å². The predicted molar refractivity (Wildman–Crippen MR) is 91.6 cm³/mol. The average molecular weight is 322 g/mol. The summed E-state index contributed by atoms with van der Waals surface area (Å²) >= 11 is 0. The molecule has 0 aromatic heterocycles. The van der Waals surface area contributed by atoms with Crippen molar-refractivity contribution in [2.45, 2.75) is 57.8 Å². The molecule has 1 aromatic rings. The second kappa shape index (κ2) is 6.24. The topological polar surface area (TPSA) is 61.2 Å². The van der Waals surface area contributed by atoms with Crippen LogP contribution >= 0.6 is 0 Å². The highest BCUT2D eigenvalue weighted by Crippen LogP contribution is 2.51. The first-order valence-electron chi connectivity index (χ1n) is 8.54. The molecule has 0 heterocycles. The van der Waals surface area contributed by atoms with E-state index in [9.17, 15) is 14.9 Å². The molecule has 0 bridgehead atoms. The molecule has 1 aromatic carbocycles. The van der Waals surface area contributed by atoms with Crippen LogP contribution in [0.25, 0.3) is 5.70 Å². The van der Waals surface area contributed by atoms with Crippen molar-refractivity contribution >= 4 is 17.5 Å². The van der Waals surface area contributed by atoms with Crippen LogP contribution in [0.4, 0.5) is 0 Å². The van der Waals surface area contributed by atoms with E-state index in [0.29, 0.717) is 17.7 Å². The molecule has 1 spiro atoms. The van der Waals surface area contributed by atoms with Crippen molar-refractivity contribution in [1.29, 1.82) is 5.26 Å². The first-order chi connectivity index (χ1) is 11.5. The average Bonchev–Trinajstić information content (AvgIpc) is 2.57. The van der Waals surface area contributed by atoms with Gasteiger partial charge in [0.1, 0.15) is 0 Å². The predicted octanol–water partition coefficient (Wildman–Crippen LogP) is 3.92. The fourth-order valence-corrected chi connectivity index (χ4v) is 4.39. The smallest absolute Gasteiger partial charge is 0.230 e. The summed E-state index contributed by atoms with van der Waals surface area (Å²) in [5.41, 5.74) is 3.08. The zero-order valence-electron chi connectivity index (χ0n) is 14.3. The summed E-state index contributed by atoms with van der Waals surface area (Å²) in [6.45, 7) is 2.74. The van der Waals surface area contributed by atoms with Crippen LogP contribution in [-0.4, -0.2) is 16.7 Å². The molecule has 1 fully saturated rings. The molecule has 24 heavy (non-hydrogen) atoms. The van der Waals surface area contributed by atoms with Gasteiger partial charge < -0.3 is 0 Å². The molecule has 0 saturated heterocycles. The number of amides is 2. The molecule has 3 rings (SSSR count).